The average Bonchev–Trinajstić information content (AvgIpc) is 1.21. The van der Waals surface area contributed by atoms with Crippen LogP contribution in [0.1, 0.15) is 2.85 Å². The number of hydrogen-bond acceptors (Lipinski definition) is 4. The Kier molecular flexibility index (Phi) is 7.10. The van der Waals surface area contributed by atoms with Crippen LogP contribution in [0.15, 0.2) is 0 Å². The van der Waals surface area contributed by atoms with Crippen molar-refractivity contribution in [3.05, 3.63) is 0 Å². The number of rotatable bonds is 2. The van der Waals surface area contributed by atoms with Gasteiger partial charge in [-0.2, -0.15) is 12.6 Å². The molecule has 0 heterocycles. The Morgan fingerprint density at radius 3 is 1.89 bits per heavy atom. The standard InChI is InChI=1S/Ca.H2O6S2.2H/c;1-7(2)6-8(3,4)5;;/h;(H,1,2)(H,3,4,5);;/q+2;;2*-1. The van der Waals surface area contributed by atoms with Gasteiger partial charge in [-0.05, 0) is 0 Å². The van der Waals surface area contributed by atoms with E-state index >= 15 is 0 Å². The third kappa shape index (κ3) is 12.4. The monoisotopic (exact) mass is 204 g/mol. The van der Waals surface area contributed by atoms with E-state index in [1.807, 2.05) is 0 Å². The SMILES string of the molecule is O=S(O)OS(=O)(=O)O.[Ca+2].[H-].[H-]. The predicted molar refractivity (Wildman–Crippen MR) is 31.4 cm³/mol. The first-order valence-electron chi connectivity index (χ1n) is 1.20. The molecule has 0 fully saturated rings. The molecule has 0 aromatic heterocycles. The summed E-state index contributed by atoms with van der Waals surface area (Å²) < 4.78 is 46.4. The van der Waals surface area contributed by atoms with Crippen molar-refractivity contribution in [2.24, 2.45) is 0 Å². The van der Waals surface area contributed by atoms with Crippen LogP contribution >= 0.6 is 0 Å². The van der Waals surface area contributed by atoms with Crippen molar-refractivity contribution in [1.82, 2.24) is 0 Å². The molecule has 0 aliphatic rings. The molecule has 0 bridgehead atoms. The average molecular weight is 204 g/mol. The fourth-order valence-electron chi connectivity index (χ4n) is 0.0736. The Labute approximate surface area is 87.0 Å². The van der Waals surface area contributed by atoms with E-state index < -0.39 is 21.8 Å². The number of hydrogen-bond donors (Lipinski definition) is 2. The molecular weight excluding hydrogens is 200 g/mol. The van der Waals surface area contributed by atoms with Crippen LogP contribution in [0.25, 0.3) is 0 Å². The summed E-state index contributed by atoms with van der Waals surface area (Å²) in [4.78, 5) is 0. The molecule has 0 spiro atoms. The van der Waals surface area contributed by atoms with Crippen LogP contribution in [0, 0.1) is 0 Å². The summed E-state index contributed by atoms with van der Waals surface area (Å²) in [7, 11) is -4.77. The van der Waals surface area contributed by atoms with Crippen molar-refractivity contribution in [3.63, 3.8) is 0 Å². The normalized spacial score (nSPS) is 14.0. The maximum Gasteiger partial charge on any atom is 2.00 e. The summed E-state index contributed by atoms with van der Waals surface area (Å²) in [6.07, 6.45) is 0. The summed E-state index contributed by atoms with van der Waals surface area (Å²) in [5.74, 6) is 0. The molecule has 0 aromatic carbocycles. The van der Waals surface area contributed by atoms with Crippen LogP contribution in [0.4, 0.5) is 0 Å². The molecule has 0 amide bonds. The van der Waals surface area contributed by atoms with Gasteiger partial charge in [-0.1, -0.05) is 0 Å². The maximum atomic E-state index is 9.42. The molecule has 0 saturated carbocycles. The van der Waals surface area contributed by atoms with Crippen LogP contribution in [0.5, 0.6) is 0 Å². The molecule has 9 heteroatoms. The fraction of sp³-hybridized carbons (Fsp3) is 0. The Bertz CT molecular complexity index is 185. The summed E-state index contributed by atoms with van der Waals surface area (Å²) in [5.41, 5.74) is 0. The van der Waals surface area contributed by atoms with Gasteiger partial charge in [-0.3, -0.25) is 9.11 Å². The third-order valence-electron chi connectivity index (χ3n) is 0.144. The molecule has 1 unspecified atom stereocenters. The largest absolute Gasteiger partial charge is 2.00 e. The summed E-state index contributed by atoms with van der Waals surface area (Å²) >= 11 is -2.97. The molecule has 1 atom stereocenters. The van der Waals surface area contributed by atoms with Gasteiger partial charge in [0.25, 0.3) is 0 Å². The van der Waals surface area contributed by atoms with Crippen molar-refractivity contribution >= 4 is 59.5 Å². The van der Waals surface area contributed by atoms with E-state index in [-0.39, 0.29) is 40.6 Å². The van der Waals surface area contributed by atoms with Gasteiger partial charge in [0, 0.05) is 0 Å². The Hall–Kier alpha value is 1.24. The molecule has 0 aliphatic heterocycles. The van der Waals surface area contributed by atoms with Crippen molar-refractivity contribution < 1.29 is 28.2 Å². The molecule has 0 rings (SSSR count). The zero-order valence-corrected chi connectivity index (χ0v) is 7.89. The van der Waals surface area contributed by atoms with Gasteiger partial charge >= 0.3 is 59.5 Å². The smallest absolute Gasteiger partial charge is 1.00 e. The summed E-state index contributed by atoms with van der Waals surface area (Å²) in [6.45, 7) is 0. The minimum absolute atomic E-state index is 0. The van der Waals surface area contributed by atoms with E-state index in [0.29, 0.717) is 0 Å². The van der Waals surface area contributed by atoms with Gasteiger partial charge in [0.15, 0.2) is 0 Å². The van der Waals surface area contributed by atoms with Gasteiger partial charge in [-0.15, -0.1) is 3.63 Å². The first-order valence-corrected chi connectivity index (χ1v) is 3.60. The maximum absolute atomic E-state index is 9.42. The molecule has 6 nitrogen and oxygen atoms in total. The third-order valence-corrected chi connectivity index (χ3v) is 1.30. The van der Waals surface area contributed by atoms with Crippen LogP contribution in [0.3, 0.4) is 0 Å². The first-order chi connectivity index (χ1) is 3.42. The van der Waals surface area contributed by atoms with Crippen molar-refractivity contribution in [3.8, 4) is 0 Å². The second-order valence-corrected chi connectivity index (χ2v) is 2.55. The van der Waals surface area contributed by atoms with E-state index in [9.17, 15) is 12.6 Å². The van der Waals surface area contributed by atoms with Gasteiger partial charge in [-0.25, -0.2) is 0 Å². The van der Waals surface area contributed by atoms with E-state index in [1.165, 1.54) is 0 Å². The Morgan fingerprint density at radius 2 is 1.89 bits per heavy atom. The molecule has 54 valence electrons. The zero-order chi connectivity index (χ0) is 6.78. The summed E-state index contributed by atoms with van der Waals surface area (Å²) in [6, 6.07) is 0. The van der Waals surface area contributed by atoms with Gasteiger partial charge in [0.1, 0.15) is 0 Å². The quantitative estimate of drug-likeness (QED) is 0.332. The second kappa shape index (κ2) is 4.97. The first kappa shape index (κ1) is 12.9. The minimum Gasteiger partial charge on any atom is -1.00 e. The van der Waals surface area contributed by atoms with Gasteiger partial charge in [0.2, 0.25) is 0 Å². The second-order valence-electron chi connectivity index (χ2n) is 0.713. The topological polar surface area (TPSA) is 101 Å². The van der Waals surface area contributed by atoms with Gasteiger partial charge < -0.3 is 2.85 Å². The van der Waals surface area contributed by atoms with Crippen molar-refractivity contribution in [2.45, 2.75) is 0 Å². The van der Waals surface area contributed by atoms with Gasteiger partial charge in [0.05, 0.1) is 0 Å². The summed E-state index contributed by atoms with van der Waals surface area (Å²) in [5, 5.41) is 0. The van der Waals surface area contributed by atoms with E-state index in [1.54, 1.807) is 0 Å². The molecule has 0 radical (unpaired) electrons. The molecule has 0 aromatic rings. The van der Waals surface area contributed by atoms with E-state index in [0.717, 1.165) is 0 Å². The Balaban J connectivity index is -0.0000000817. The van der Waals surface area contributed by atoms with Crippen LogP contribution in [-0.4, -0.2) is 59.5 Å². The van der Waals surface area contributed by atoms with E-state index in [4.69, 9.17) is 9.11 Å². The molecule has 0 saturated heterocycles. The Morgan fingerprint density at radius 1 is 1.56 bits per heavy atom. The molecule has 2 N–H and O–H groups in total. The predicted octanol–water partition coefficient (Wildman–Crippen LogP) is -1.21. The fourth-order valence-corrected chi connectivity index (χ4v) is 0.662. The molecule has 0 aliphatic carbocycles. The van der Waals surface area contributed by atoms with Crippen LogP contribution in [0.2, 0.25) is 0 Å². The van der Waals surface area contributed by atoms with Crippen LogP contribution < -0.4 is 0 Å². The van der Waals surface area contributed by atoms with Crippen molar-refractivity contribution in [2.75, 3.05) is 0 Å². The molecule has 9 heavy (non-hydrogen) atoms. The van der Waals surface area contributed by atoms with E-state index in [2.05, 4.69) is 3.63 Å². The zero-order valence-electron chi connectivity index (χ0n) is 6.05. The van der Waals surface area contributed by atoms with Crippen LogP contribution in [-0.2, 0) is 25.4 Å². The van der Waals surface area contributed by atoms with Crippen molar-refractivity contribution in [1.29, 1.82) is 0 Å². The molecular formula is H4CaO6S2. The minimum atomic E-state index is -4.77.